The van der Waals surface area contributed by atoms with E-state index in [4.69, 9.17) is 37.4 Å². The molecule has 0 atom stereocenters. The number of aryl methyl sites for hydroxylation is 1. The molecule has 14 nitrogen and oxygen atoms in total. The Kier molecular flexibility index (Phi) is 14.0. The number of hydrogen-bond acceptors (Lipinski definition) is 11. The van der Waals surface area contributed by atoms with Gasteiger partial charge in [-0.15, -0.1) is 0 Å². The number of amides is 2. The summed E-state index contributed by atoms with van der Waals surface area (Å²) in [4.78, 5) is 43.1. The molecule has 2 amide bonds. The molecular weight excluding hydrogens is 831 g/mol. The molecule has 0 radical (unpaired) electrons. The van der Waals surface area contributed by atoms with Crippen LogP contribution < -0.4 is 14.8 Å². The molecule has 2 aromatic carbocycles. The van der Waals surface area contributed by atoms with Crippen molar-refractivity contribution >= 4 is 73.1 Å². The smallest absolute Gasteiger partial charge is 0.434 e. The van der Waals surface area contributed by atoms with Crippen molar-refractivity contribution in [2.45, 2.75) is 37.9 Å². The molecule has 52 heavy (non-hydrogen) atoms. The number of hydrogen-bond donors (Lipinski definition) is 2. The molecule has 22 heteroatoms. The Morgan fingerprint density at radius 3 is 2.27 bits per heavy atom. The van der Waals surface area contributed by atoms with E-state index in [-0.39, 0.29) is 51.0 Å². The monoisotopic (exact) mass is 856 g/mol. The quantitative estimate of drug-likeness (QED) is 0.100. The molecule has 2 heterocycles. The van der Waals surface area contributed by atoms with Crippen molar-refractivity contribution in [1.82, 2.24) is 24.5 Å². The molecule has 280 valence electrons. The Morgan fingerprint density at radius 1 is 1.04 bits per heavy atom. The number of sulfonamides is 1. The number of alkyl halides is 3. The Hall–Kier alpha value is -4.53. The average molecular weight is 858 g/mol. The van der Waals surface area contributed by atoms with Gasteiger partial charge in [-0.1, -0.05) is 35.3 Å². The van der Waals surface area contributed by atoms with Crippen LogP contribution in [0.15, 0.2) is 51.8 Å². The van der Waals surface area contributed by atoms with Gasteiger partial charge in [-0.25, -0.2) is 36.9 Å². The van der Waals surface area contributed by atoms with Gasteiger partial charge >= 0.3 is 24.1 Å². The van der Waals surface area contributed by atoms with Gasteiger partial charge in [-0.2, -0.15) is 23.3 Å². The summed E-state index contributed by atoms with van der Waals surface area (Å²) in [7, 11) is -1.97. The van der Waals surface area contributed by atoms with Gasteiger partial charge in [0, 0.05) is 18.7 Å². The minimum absolute atomic E-state index is 0.0207. The minimum Gasteiger partial charge on any atom is -0.481 e. The van der Waals surface area contributed by atoms with Gasteiger partial charge in [0.05, 0.1) is 40.4 Å². The van der Waals surface area contributed by atoms with Crippen LogP contribution in [0.5, 0.6) is 5.88 Å². The topological polar surface area (TPSA) is 181 Å². The van der Waals surface area contributed by atoms with Crippen molar-refractivity contribution in [1.29, 1.82) is 0 Å². The van der Waals surface area contributed by atoms with Crippen molar-refractivity contribution in [2.24, 2.45) is 7.05 Å². The van der Waals surface area contributed by atoms with Crippen molar-refractivity contribution < 1.29 is 54.6 Å². The van der Waals surface area contributed by atoms with Crippen LogP contribution in [0.4, 0.5) is 28.3 Å². The maximum atomic E-state index is 14.3. The molecule has 2 aromatic heterocycles. The van der Waals surface area contributed by atoms with E-state index in [0.29, 0.717) is 4.68 Å². The second-order valence-corrected chi connectivity index (χ2v) is 13.5. The van der Waals surface area contributed by atoms with Crippen LogP contribution in [-0.4, -0.2) is 66.0 Å². The fraction of sp³-hybridized carbons (Fsp3) is 0.267. The van der Waals surface area contributed by atoms with Gasteiger partial charge in [0.15, 0.2) is 5.69 Å². The first kappa shape index (κ1) is 41.9. The van der Waals surface area contributed by atoms with Crippen LogP contribution in [0.1, 0.15) is 47.2 Å². The third kappa shape index (κ3) is 10.5. The van der Waals surface area contributed by atoms with Gasteiger partial charge in [0.25, 0.3) is 10.0 Å². The van der Waals surface area contributed by atoms with E-state index in [1.807, 2.05) is 0 Å². The summed E-state index contributed by atoms with van der Waals surface area (Å²) in [6.07, 6.45) is -5.14. The predicted octanol–water partition coefficient (Wildman–Crippen LogP) is 7.05. The number of rotatable bonds is 9. The lowest BCUT2D eigenvalue weighted by Crippen LogP contribution is -2.35. The fourth-order valence-electron chi connectivity index (χ4n) is 4.08. The van der Waals surface area contributed by atoms with Crippen LogP contribution in [0.3, 0.4) is 0 Å². The number of urea groups is 1. The number of nitrogens with one attached hydrogen (secondary N) is 2. The summed E-state index contributed by atoms with van der Waals surface area (Å²) in [6.45, 7) is 4.87. The van der Waals surface area contributed by atoms with Crippen LogP contribution >= 0.6 is 39.1 Å². The Morgan fingerprint density at radius 2 is 1.69 bits per heavy atom. The first-order valence-corrected chi connectivity index (χ1v) is 17.4. The standard InChI is InChI=1S/C15H12BrClF4N2O2.C15H15ClN4O6S/c1-6(2)25-14(24)7-4-8(10(18)5-9(7)17)12-11(16)13(15(19,20)21)23(3)22-12;1-3-26-13(21)9-6-4-5-7-10(9)27(23,24)20-15(22)19-14-17-11(16)8-12(18-14)25-2/h4-6H,1-3H3;4-8H,3H2,1-2H3,(H2,17,18,19,20,22). The maximum Gasteiger partial charge on any atom is 0.434 e. The zero-order chi connectivity index (χ0) is 39.1. The number of anilines is 1. The van der Waals surface area contributed by atoms with E-state index < -0.39 is 61.2 Å². The predicted molar refractivity (Wildman–Crippen MR) is 182 cm³/mol. The van der Waals surface area contributed by atoms with Crippen molar-refractivity contribution in [2.75, 3.05) is 19.0 Å². The molecule has 0 bridgehead atoms. The number of esters is 2. The highest BCUT2D eigenvalue weighted by molar-refractivity contribution is 9.10. The van der Waals surface area contributed by atoms with E-state index in [2.05, 4.69) is 36.3 Å². The summed E-state index contributed by atoms with van der Waals surface area (Å²) in [5.41, 5.74) is -2.07. The molecule has 2 N–H and O–H groups in total. The van der Waals surface area contributed by atoms with Gasteiger partial charge in [-0.05, 0) is 61.0 Å². The number of carbonyl (C=O) groups is 3. The van der Waals surface area contributed by atoms with Crippen molar-refractivity contribution in [3.63, 3.8) is 0 Å². The first-order chi connectivity index (χ1) is 24.2. The zero-order valence-electron chi connectivity index (χ0n) is 27.4. The van der Waals surface area contributed by atoms with Gasteiger partial charge in [0.2, 0.25) is 11.8 Å². The number of nitrogens with zero attached hydrogens (tertiary/aromatic N) is 4. The lowest BCUT2D eigenvalue weighted by molar-refractivity contribution is -0.144. The highest BCUT2D eigenvalue weighted by Crippen LogP contribution is 2.41. The number of halogens is 7. The van der Waals surface area contributed by atoms with Crippen LogP contribution in [0, 0.1) is 5.82 Å². The fourth-order valence-corrected chi connectivity index (χ4v) is 6.36. The maximum absolute atomic E-state index is 14.3. The Balaban J connectivity index is 0.000000281. The van der Waals surface area contributed by atoms with Crippen molar-refractivity contribution in [3.8, 4) is 17.1 Å². The summed E-state index contributed by atoms with van der Waals surface area (Å²) in [6, 6.07) is 7.32. The SMILES string of the molecule is CC(C)OC(=O)c1cc(-c2nn(C)c(C(F)(F)F)c2Br)c(F)cc1Cl.CCOC(=O)c1ccccc1S(=O)(=O)NC(=O)Nc1nc(Cl)cc(OC)n1. The number of aromatic nitrogens is 4. The second-order valence-electron chi connectivity index (χ2n) is 10.2. The third-order valence-electron chi connectivity index (χ3n) is 6.14. The lowest BCUT2D eigenvalue weighted by atomic mass is 10.1. The first-order valence-electron chi connectivity index (χ1n) is 14.4. The molecule has 0 aliphatic heterocycles. The van der Waals surface area contributed by atoms with Gasteiger partial charge in [0.1, 0.15) is 21.6 Å². The van der Waals surface area contributed by atoms with Crippen LogP contribution in [-0.2, 0) is 32.7 Å². The molecule has 0 aliphatic carbocycles. The zero-order valence-corrected chi connectivity index (χ0v) is 31.3. The molecule has 0 fully saturated rings. The van der Waals surface area contributed by atoms with E-state index in [1.165, 1.54) is 37.4 Å². The van der Waals surface area contributed by atoms with Crippen LogP contribution in [0.2, 0.25) is 10.2 Å². The molecule has 0 unspecified atom stereocenters. The largest absolute Gasteiger partial charge is 0.481 e. The molecule has 4 rings (SSSR count). The van der Waals surface area contributed by atoms with Crippen molar-refractivity contribution in [3.05, 3.63) is 79.8 Å². The number of benzene rings is 2. The molecule has 0 spiro atoms. The van der Waals surface area contributed by atoms with Gasteiger partial charge in [-0.3, -0.25) is 10.00 Å². The van der Waals surface area contributed by atoms with E-state index in [9.17, 15) is 40.4 Å². The van der Waals surface area contributed by atoms with Crippen LogP contribution in [0.25, 0.3) is 11.3 Å². The molecule has 4 aromatic rings. The molecule has 0 saturated heterocycles. The number of methoxy groups -OCH3 is 1. The molecular formula is C30H27BrCl2F4N6O8S. The van der Waals surface area contributed by atoms with E-state index in [1.54, 1.807) is 25.5 Å². The second kappa shape index (κ2) is 17.3. The number of ether oxygens (including phenoxy) is 3. The number of carbonyl (C=O) groups excluding carboxylic acids is 3. The van der Waals surface area contributed by atoms with E-state index in [0.717, 1.165) is 19.2 Å². The highest BCUT2D eigenvalue weighted by atomic mass is 79.9. The van der Waals surface area contributed by atoms with Gasteiger partial charge < -0.3 is 14.2 Å². The summed E-state index contributed by atoms with van der Waals surface area (Å²) in [5.74, 6) is -2.77. The Labute approximate surface area is 311 Å². The van der Waals surface area contributed by atoms with E-state index >= 15 is 0 Å². The third-order valence-corrected chi connectivity index (χ3v) is 8.78. The summed E-state index contributed by atoms with van der Waals surface area (Å²) in [5, 5.41) is 5.60. The normalized spacial score (nSPS) is 11.3. The molecule has 0 saturated carbocycles. The highest BCUT2D eigenvalue weighted by Gasteiger charge is 2.39. The minimum atomic E-state index is -4.69. The summed E-state index contributed by atoms with van der Waals surface area (Å²) >= 11 is 14.4. The summed E-state index contributed by atoms with van der Waals surface area (Å²) < 4.78 is 95.1. The Bertz CT molecular complexity index is 2100. The average Bonchev–Trinajstić information content (AvgIpc) is 3.33. The molecule has 0 aliphatic rings. The lowest BCUT2D eigenvalue weighted by Gasteiger charge is -2.11.